The van der Waals surface area contributed by atoms with Crippen molar-refractivity contribution in [2.24, 2.45) is 5.73 Å². The highest BCUT2D eigenvalue weighted by Gasteiger charge is 2.17. The molecule has 0 aliphatic rings. The highest BCUT2D eigenvalue weighted by Crippen LogP contribution is 2.32. The Labute approximate surface area is 125 Å². The van der Waals surface area contributed by atoms with E-state index in [0.717, 1.165) is 21.2 Å². The van der Waals surface area contributed by atoms with Crippen LogP contribution in [0.25, 0.3) is 0 Å². The molecule has 0 aromatic heterocycles. The summed E-state index contributed by atoms with van der Waals surface area (Å²) in [7, 11) is 0. The van der Waals surface area contributed by atoms with Crippen LogP contribution < -0.4 is 5.73 Å². The molecular formula is C15H14BrClFN. The van der Waals surface area contributed by atoms with Gasteiger partial charge in [0.25, 0.3) is 0 Å². The van der Waals surface area contributed by atoms with Crippen LogP contribution in [0.2, 0.25) is 5.02 Å². The topological polar surface area (TPSA) is 26.0 Å². The molecule has 0 radical (unpaired) electrons. The molecule has 100 valence electrons. The molecule has 0 heterocycles. The standard InChI is InChI=1S/C15H14BrClFN/c1-8-5-12(14(17)6-9(8)2)15(19)11-7-10(18)3-4-13(11)16/h3-7,15H,19H2,1-2H3. The van der Waals surface area contributed by atoms with Gasteiger partial charge in [0.1, 0.15) is 5.82 Å². The summed E-state index contributed by atoms with van der Waals surface area (Å²) < 4.78 is 14.1. The van der Waals surface area contributed by atoms with Crippen molar-refractivity contribution >= 4 is 27.5 Å². The van der Waals surface area contributed by atoms with Crippen LogP contribution in [0.1, 0.15) is 28.3 Å². The molecule has 2 rings (SSSR count). The summed E-state index contributed by atoms with van der Waals surface area (Å²) in [5.41, 5.74) is 9.94. The van der Waals surface area contributed by atoms with Gasteiger partial charge in [-0.15, -0.1) is 0 Å². The summed E-state index contributed by atoms with van der Waals surface area (Å²) in [6.07, 6.45) is 0. The zero-order valence-corrected chi connectivity index (χ0v) is 13.0. The number of halogens is 3. The summed E-state index contributed by atoms with van der Waals surface area (Å²) in [6.45, 7) is 4.00. The zero-order chi connectivity index (χ0) is 14.2. The summed E-state index contributed by atoms with van der Waals surface area (Å²) in [6, 6.07) is 7.86. The van der Waals surface area contributed by atoms with Crippen LogP contribution in [0.4, 0.5) is 4.39 Å². The predicted octanol–water partition coefficient (Wildman–Crippen LogP) is 4.91. The Morgan fingerprint density at radius 1 is 1.11 bits per heavy atom. The maximum absolute atomic E-state index is 13.4. The lowest BCUT2D eigenvalue weighted by molar-refractivity contribution is 0.623. The zero-order valence-electron chi connectivity index (χ0n) is 10.7. The van der Waals surface area contributed by atoms with Crippen LogP contribution in [0, 0.1) is 19.7 Å². The number of hydrogen-bond donors (Lipinski definition) is 1. The molecular weight excluding hydrogens is 329 g/mol. The third-order valence-corrected chi connectivity index (χ3v) is 4.29. The van der Waals surface area contributed by atoms with E-state index in [1.165, 1.54) is 12.1 Å². The van der Waals surface area contributed by atoms with Gasteiger partial charge >= 0.3 is 0 Å². The van der Waals surface area contributed by atoms with Gasteiger partial charge in [0.2, 0.25) is 0 Å². The molecule has 0 aliphatic carbocycles. The maximum Gasteiger partial charge on any atom is 0.123 e. The number of rotatable bonds is 2. The minimum atomic E-state index is -0.461. The maximum atomic E-state index is 13.4. The van der Waals surface area contributed by atoms with Crippen LogP contribution in [0.3, 0.4) is 0 Å². The van der Waals surface area contributed by atoms with E-state index in [0.29, 0.717) is 10.6 Å². The minimum Gasteiger partial charge on any atom is -0.320 e. The Morgan fingerprint density at radius 2 is 1.74 bits per heavy atom. The van der Waals surface area contributed by atoms with E-state index in [4.69, 9.17) is 17.3 Å². The summed E-state index contributed by atoms with van der Waals surface area (Å²) >= 11 is 9.65. The molecule has 2 aromatic rings. The van der Waals surface area contributed by atoms with Crippen LogP contribution in [-0.2, 0) is 0 Å². The lowest BCUT2D eigenvalue weighted by atomic mass is 9.96. The predicted molar refractivity (Wildman–Crippen MR) is 81.1 cm³/mol. The van der Waals surface area contributed by atoms with Gasteiger partial charge in [-0.2, -0.15) is 0 Å². The molecule has 0 saturated heterocycles. The first-order chi connectivity index (χ1) is 8.90. The monoisotopic (exact) mass is 341 g/mol. The third-order valence-electron chi connectivity index (χ3n) is 3.24. The average Bonchev–Trinajstić information content (AvgIpc) is 2.36. The van der Waals surface area contributed by atoms with Crippen molar-refractivity contribution in [2.45, 2.75) is 19.9 Å². The van der Waals surface area contributed by atoms with E-state index < -0.39 is 6.04 Å². The molecule has 0 amide bonds. The van der Waals surface area contributed by atoms with E-state index in [9.17, 15) is 4.39 Å². The van der Waals surface area contributed by atoms with Crippen molar-refractivity contribution in [3.8, 4) is 0 Å². The first-order valence-electron chi connectivity index (χ1n) is 5.87. The Morgan fingerprint density at radius 3 is 2.42 bits per heavy atom. The second kappa shape index (κ2) is 5.61. The molecule has 1 nitrogen and oxygen atoms in total. The van der Waals surface area contributed by atoms with Gasteiger partial charge in [0.15, 0.2) is 0 Å². The normalized spacial score (nSPS) is 12.5. The molecule has 4 heteroatoms. The van der Waals surface area contributed by atoms with Crippen molar-refractivity contribution in [3.63, 3.8) is 0 Å². The highest BCUT2D eigenvalue weighted by molar-refractivity contribution is 9.10. The molecule has 0 spiro atoms. The van der Waals surface area contributed by atoms with Gasteiger partial charge in [0.05, 0.1) is 6.04 Å². The Kier molecular flexibility index (Phi) is 4.29. The highest BCUT2D eigenvalue weighted by atomic mass is 79.9. The second-order valence-electron chi connectivity index (χ2n) is 4.60. The van der Waals surface area contributed by atoms with E-state index in [1.54, 1.807) is 6.07 Å². The molecule has 1 unspecified atom stereocenters. The summed E-state index contributed by atoms with van der Waals surface area (Å²) in [5, 5.41) is 0.603. The van der Waals surface area contributed by atoms with Crippen LogP contribution in [0.5, 0.6) is 0 Å². The Hall–Kier alpha value is -0.900. The summed E-state index contributed by atoms with van der Waals surface area (Å²) in [5.74, 6) is -0.311. The molecule has 0 saturated carbocycles. The smallest absolute Gasteiger partial charge is 0.123 e. The van der Waals surface area contributed by atoms with Crippen molar-refractivity contribution in [1.29, 1.82) is 0 Å². The van der Waals surface area contributed by atoms with Crippen molar-refractivity contribution in [2.75, 3.05) is 0 Å². The van der Waals surface area contributed by atoms with E-state index >= 15 is 0 Å². The van der Waals surface area contributed by atoms with Gasteiger partial charge in [0, 0.05) is 9.50 Å². The van der Waals surface area contributed by atoms with E-state index in [1.807, 2.05) is 26.0 Å². The van der Waals surface area contributed by atoms with Crippen molar-refractivity contribution in [1.82, 2.24) is 0 Å². The first kappa shape index (κ1) is 14.5. The third kappa shape index (κ3) is 2.99. The molecule has 0 fully saturated rings. The molecule has 2 aromatic carbocycles. The molecule has 1 atom stereocenters. The van der Waals surface area contributed by atoms with E-state index in [-0.39, 0.29) is 5.82 Å². The Bertz CT molecular complexity index is 628. The average molecular weight is 343 g/mol. The van der Waals surface area contributed by atoms with Gasteiger partial charge in [-0.05, 0) is 60.4 Å². The lowest BCUT2D eigenvalue weighted by Gasteiger charge is -2.17. The van der Waals surface area contributed by atoms with Crippen molar-refractivity contribution < 1.29 is 4.39 Å². The van der Waals surface area contributed by atoms with E-state index in [2.05, 4.69) is 15.9 Å². The molecule has 0 bridgehead atoms. The lowest BCUT2D eigenvalue weighted by Crippen LogP contribution is -2.14. The molecule has 19 heavy (non-hydrogen) atoms. The first-order valence-corrected chi connectivity index (χ1v) is 7.04. The van der Waals surface area contributed by atoms with Crippen LogP contribution >= 0.6 is 27.5 Å². The quantitative estimate of drug-likeness (QED) is 0.825. The minimum absolute atomic E-state index is 0.311. The SMILES string of the molecule is Cc1cc(Cl)c(C(N)c2cc(F)ccc2Br)cc1C. The number of aryl methyl sites for hydroxylation is 2. The van der Waals surface area contributed by atoms with Crippen LogP contribution in [0.15, 0.2) is 34.8 Å². The number of nitrogens with two attached hydrogens (primary N) is 1. The van der Waals surface area contributed by atoms with Crippen LogP contribution in [-0.4, -0.2) is 0 Å². The Balaban J connectivity index is 2.52. The molecule has 0 aliphatic heterocycles. The van der Waals surface area contributed by atoms with Gasteiger partial charge in [-0.1, -0.05) is 33.6 Å². The number of hydrogen-bond acceptors (Lipinski definition) is 1. The van der Waals surface area contributed by atoms with Crippen molar-refractivity contribution in [3.05, 3.63) is 67.9 Å². The summed E-state index contributed by atoms with van der Waals surface area (Å²) in [4.78, 5) is 0. The fourth-order valence-electron chi connectivity index (χ4n) is 1.96. The number of benzene rings is 2. The largest absolute Gasteiger partial charge is 0.320 e. The molecule has 2 N–H and O–H groups in total. The fraction of sp³-hybridized carbons (Fsp3) is 0.200. The van der Waals surface area contributed by atoms with Gasteiger partial charge in [-0.3, -0.25) is 0 Å². The van der Waals surface area contributed by atoms with Gasteiger partial charge in [-0.25, -0.2) is 4.39 Å². The fourth-order valence-corrected chi connectivity index (χ4v) is 2.79. The second-order valence-corrected chi connectivity index (χ2v) is 5.86. The van der Waals surface area contributed by atoms with Gasteiger partial charge < -0.3 is 5.73 Å².